The minimum absolute atomic E-state index is 0.876. The van der Waals surface area contributed by atoms with Crippen molar-refractivity contribution in [3.63, 3.8) is 0 Å². The van der Waals surface area contributed by atoms with E-state index >= 15 is 0 Å². The van der Waals surface area contributed by atoms with Crippen LogP contribution in [0.2, 0.25) is 0 Å². The Balaban J connectivity index is 1.91. The van der Waals surface area contributed by atoms with Crippen molar-refractivity contribution in [2.24, 2.45) is 5.92 Å². The van der Waals surface area contributed by atoms with Crippen LogP contribution in [0.25, 0.3) is 0 Å². The van der Waals surface area contributed by atoms with Gasteiger partial charge in [0.2, 0.25) is 0 Å². The van der Waals surface area contributed by atoms with Crippen LogP contribution in [0, 0.1) is 5.92 Å². The maximum absolute atomic E-state index is 5.59. The van der Waals surface area contributed by atoms with Crippen LogP contribution in [0.4, 0.5) is 0 Å². The van der Waals surface area contributed by atoms with Gasteiger partial charge in [0.1, 0.15) is 0 Å². The third-order valence-electron chi connectivity index (χ3n) is 2.51. The molecule has 0 aromatic carbocycles. The van der Waals surface area contributed by atoms with Crippen molar-refractivity contribution in [2.45, 2.75) is 32.1 Å². The summed E-state index contributed by atoms with van der Waals surface area (Å²) < 4.78 is 5.59. The summed E-state index contributed by atoms with van der Waals surface area (Å²) in [5.41, 5.74) is 0. The second-order valence-electron chi connectivity index (χ2n) is 3.57. The maximum atomic E-state index is 5.59. The molecule has 72 valence electrons. The van der Waals surface area contributed by atoms with E-state index in [2.05, 4.69) is 6.26 Å². The molecule has 0 unspecified atom stereocenters. The van der Waals surface area contributed by atoms with Gasteiger partial charge in [-0.25, -0.2) is 0 Å². The highest BCUT2D eigenvalue weighted by Crippen LogP contribution is 2.23. The van der Waals surface area contributed by atoms with E-state index in [9.17, 15) is 0 Å². The summed E-state index contributed by atoms with van der Waals surface area (Å²) in [7, 11) is 0. The summed E-state index contributed by atoms with van der Waals surface area (Å²) in [6.07, 6.45) is 9.23. The minimum atomic E-state index is 0.876. The minimum Gasteiger partial charge on any atom is -0.380 e. The lowest BCUT2D eigenvalue weighted by Gasteiger charge is -2.21. The zero-order valence-corrected chi connectivity index (χ0v) is 8.87. The van der Waals surface area contributed by atoms with Crippen LogP contribution in [0.5, 0.6) is 0 Å². The quantitative estimate of drug-likeness (QED) is 0.613. The Hall–Kier alpha value is 0.310. The molecule has 12 heavy (non-hydrogen) atoms. The van der Waals surface area contributed by atoms with Gasteiger partial charge in [-0.05, 0) is 25.0 Å². The third kappa shape index (κ3) is 4.36. The van der Waals surface area contributed by atoms with E-state index in [1.54, 1.807) is 0 Å². The van der Waals surface area contributed by atoms with Crippen molar-refractivity contribution in [2.75, 3.05) is 25.2 Å². The summed E-state index contributed by atoms with van der Waals surface area (Å²) in [6.45, 7) is 1.96. The van der Waals surface area contributed by atoms with Gasteiger partial charge < -0.3 is 4.74 Å². The Labute approximate surface area is 80.3 Å². The van der Waals surface area contributed by atoms with Crippen LogP contribution >= 0.6 is 11.8 Å². The maximum Gasteiger partial charge on any atom is 0.0556 e. The summed E-state index contributed by atoms with van der Waals surface area (Å²) in [6, 6.07) is 0. The summed E-state index contributed by atoms with van der Waals surface area (Å²) in [5.74, 6) is 2.02. The first-order chi connectivity index (χ1) is 5.93. The molecule has 0 aliphatic heterocycles. The van der Waals surface area contributed by atoms with Gasteiger partial charge >= 0.3 is 0 Å². The van der Waals surface area contributed by atoms with Gasteiger partial charge in [-0.3, -0.25) is 0 Å². The predicted octanol–water partition coefficient (Wildman–Crippen LogP) is 2.95. The van der Waals surface area contributed by atoms with Crippen molar-refractivity contribution >= 4 is 11.8 Å². The van der Waals surface area contributed by atoms with Gasteiger partial charge in [-0.15, -0.1) is 0 Å². The molecule has 0 N–H and O–H groups in total. The van der Waals surface area contributed by atoms with Crippen LogP contribution in [0.1, 0.15) is 32.1 Å². The highest BCUT2D eigenvalue weighted by atomic mass is 32.2. The van der Waals surface area contributed by atoms with E-state index in [1.165, 1.54) is 32.1 Å². The van der Waals surface area contributed by atoms with Gasteiger partial charge in [-0.1, -0.05) is 19.3 Å². The molecule has 0 heterocycles. The van der Waals surface area contributed by atoms with Crippen LogP contribution in [-0.4, -0.2) is 25.2 Å². The molecule has 0 aromatic rings. The Morgan fingerprint density at radius 2 is 2.00 bits per heavy atom. The first kappa shape index (κ1) is 10.4. The fourth-order valence-electron chi connectivity index (χ4n) is 1.75. The molecule has 1 aliphatic carbocycles. The standard InChI is InChI=1S/C10H20OS/c1-12-8-7-11-9-10-5-3-2-4-6-10/h10H,2-9H2,1H3. The van der Waals surface area contributed by atoms with Gasteiger partial charge in [0.25, 0.3) is 0 Å². The molecule has 0 amide bonds. The normalized spacial score (nSPS) is 19.8. The van der Waals surface area contributed by atoms with Crippen molar-refractivity contribution < 1.29 is 4.74 Å². The second-order valence-corrected chi connectivity index (χ2v) is 4.56. The van der Waals surface area contributed by atoms with E-state index in [0.717, 1.165) is 24.9 Å². The van der Waals surface area contributed by atoms with Crippen molar-refractivity contribution in [3.05, 3.63) is 0 Å². The number of rotatable bonds is 5. The average molecular weight is 188 g/mol. The van der Waals surface area contributed by atoms with Crippen LogP contribution < -0.4 is 0 Å². The highest BCUT2D eigenvalue weighted by molar-refractivity contribution is 7.98. The van der Waals surface area contributed by atoms with E-state index < -0.39 is 0 Å². The predicted molar refractivity (Wildman–Crippen MR) is 55.8 cm³/mol. The summed E-state index contributed by atoms with van der Waals surface area (Å²) in [4.78, 5) is 0. The zero-order chi connectivity index (χ0) is 8.65. The molecule has 2 heteroatoms. The number of thioether (sulfide) groups is 1. The zero-order valence-electron chi connectivity index (χ0n) is 8.05. The van der Waals surface area contributed by atoms with Crippen LogP contribution in [0.15, 0.2) is 0 Å². The van der Waals surface area contributed by atoms with E-state index in [-0.39, 0.29) is 0 Å². The SMILES string of the molecule is CSCCOCC1CCCCC1. The van der Waals surface area contributed by atoms with Crippen LogP contribution in [0.3, 0.4) is 0 Å². The monoisotopic (exact) mass is 188 g/mol. The largest absolute Gasteiger partial charge is 0.380 e. The molecular weight excluding hydrogens is 168 g/mol. The number of hydrogen-bond donors (Lipinski definition) is 0. The molecule has 0 spiro atoms. The van der Waals surface area contributed by atoms with Gasteiger partial charge in [-0.2, -0.15) is 11.8 Å². The lowest BCUT2D eigenvalue weighted by Crippen LogP contribution is -2.14. The van der Waals surface area contributed by atoms with Crippen molar-refractivity contribution in [1.82, 2.24) is 0 Å². The molecule has 1 nitrogen and oxygen atoms in total. The molecule has 1 fully saturated rings. The fraction of sp³-hybridized carbons (Fsp3) is 1.00. The van der Waals surface area contributed by atoms with Crippen molar-refractivity contribution in [1.29, 1.82) is 0 Å². The second kappa shape index (κ2) is 6.79. The fourth-order valence-corrected chi connectivity index (χ4v) is 2.03. The molecule has 1 saturated carbocycles. The van der Waals surface area contributed by atoms with E-state index in [4.69, 9.17) is 4.74 Å². The molecular formula is C10H20OS. The lowest BCUT2D eigenvalue weighted by molar-refractivity contribution is 0.0967. The van der Waals surface area contributed by atoms with Gasteiger partial charge in [0.15, 0.2) is 0 Å². The Morgan fingerprint density at radius 3 is 2.67 bits per heavy atom. The van der Waals surface area contributed by atoms with E-state index in [0.29, 0.717) is 0 Å². The van der Waals surface area contributed by atoms with E-state index in [1.807, 2.05) is 11.8 Å². The summed E-state index contributed by atoms with van der Waals surface area (Å²) >= 11 is 1.86. The molecule has 1 aliphatic rings. The first-order valence-corrected chi connectivity index (χ1v) is 6.39. The summed E-state index contributed by atoms with van der Waals surface area (Å²) in [5, 5.41) is 0. The lowest BCUT2D eigenvalue weighted by atomic mass is 9.90. The molecule has 1 rings (SSSR count). The molecule has 0 aromatic heterocycles. The number of ether oxygens (including phenoxy) is 1. The van der Waals surface area contributed by atoms with Gasteiger partial charge in [0.05, 0.1) is 6.61 Å². The smallest absolute Gasteiger partial charge is 0.0556 e. The molecule has 0 atom stereocenters. The Morgan fingerprint density at radius 1 is 1.25 bits per heavy atom. The highest BCUT2D eigenvalue weighted by Gasteiger charge is 2.12. The average Bonchev–Trinajstić information content (AvgIpc) is 2.14. The topological polar surface area (TPSA) is 9.23 Å². The Bertz CT molecular complexity index is 100. The van der Waals surface area contributed by atoms with Crippen molar-refractivity contribution in [3.8, 4) is 0 Å². The van der Waals surface area contributed by atoms with Crippen LogP contribution in [-0.2, 0) is 4.74 Å². The molecule has 0 saturated heterocycles. The first-order valence-electron chi connectivity index (χ1n) is 5.00. The Kier molecular flexibility index (Phi) is 5.88. The number of hydrogen-bond acceptors (Lipinski definition) is 2. The molecule has 0 radical (unpaired) electrons. The van der Waals surface area contributed by atoms with Gasteiger partial charge in [0, 0.05) is 12.4 Å². The molecule has 0 bridgehead atoms. The third-order valence-corrected chi connectivity index (χ3v) is 3.09.